The van der Waals surface area contributed by atoms with Crippen LogP contribution in [0.5, 0.6) is 11.5 Å². The highest BCUT2D eigenvalue weighted by molar-refractivity contribution is 5.97. The summed E-state index contributed by atoms with van der Waals surface area (Å²) >= 11 is 0. The van der Waals surface area contributed by atoms with E-state index in [0.717, 1.165) is 6.42 Å². The number of hydrogen-bond acceptors (Lipinski definition) is 4. The van der Waals surface area contributed by atoms with Crippen LogP contribution in [-0.4, -0.2) is 30.2 Å². The van der Waals surface area contributed by atoms with Gasteiger partial charge in [-0.3, -0.25) is 4.79 Å². The number of nitrogens with one attached hydrogen (secondary N) is 1. The summed E-state index contributed by atoms with van der Waals surface area (Å²) in [6.07, 6.45) is 0.852. The first-order valence-corrected chi connectivity index (χ1v) is 8.55. The molecule has 0 aromatic heterocycles. The van der Waals surface area contributed by atoms with Crippen molar-refractivity contribution in [2.45, 2.75) is 26.3 Å². The number of amides is 1. The van der Waals surface area contributed by atoms with Crippen LogP contribution in [-0.2, 0) is 4.79 Å². The molecule has 0 heterocycles. The Kier molecular flexibility index (Phi) is 7.02. The number of ether oxygens (including phenoxy) is 2. The van der Waals surface area contributed by atoms with Crippen molar-refractivity contribution >= 4 is 11.9 Å². The molecule has 0 fully saturated rings. The van der Waals surface area contributed by atoms with E-state index in [0.29, 0.717) is 35.8 Å². The molecule has 26 heavy (non-hydrogen) atoms. The second-order valence-electron chi connectivity index (χ2n) is 5.60. The third-order valence-electron chi connectivity index (χ3n) is 3.62. The summed E-state index contributed by atoms with van der Waals surface area (Å²) in [7, 11) is 0. The number of benzene rings is 2. The van der Waals surface area contributed by atoms with Crippen LogP contribution >= 0.6 is 0 Å². The minimum Gasteiger partial charge on any atom is -0.490 e. The van der Waals surface area contributed by atoms with Crippen molar-refractivity contribution in [3.63, 3.8) is 0 Å². The molecule has 1 amide bonds. The monoisotopic (exact) mass is 357 g/mol. The zero-order valence-electron chi connectivity index (χ0n) is 14.9. The summed E-state index contributed by atoms with van der Waals surface area (Å²) < 4.78 is 11.2. The van der Waals surface area contributed by atoms with E-state index in [4.69, 9.17) is 9.47 Å². The number of carboxylic acids is 1. The van der Waals surface area contributed by atoms with Gasteiger partial charge >= 0.3 is 5.97 Å². The first-order chi connectivity index (χ1) is 12.6. The number of carbonyl (C=O) groups excluding carboxylic acids is 1. The summed E-state index contributed by atoms with van der Waals surface area (Å²) in [6, 6.07) is 12.2. The molecule has 2 aromatic rings. The highest BCUT2D eigenvalue weighted by atomic mass is 16.5. The van der Waals surface area contributed by atoms with E-state index in [1.54, 1.807) is 48.5 Å². The van der Waals surface area contributed by atoms with E-state index in [9.17, 15) is 14.7 Å². The van der Waals surface area contributed by atoms with Gasteiger partial charge in [0.05, 0.1) is 13.2 Å². The molecule has 0 saturated carbocycles. The van der Waals surface area contributed by atoms with Crippen LogP contribution in [0.1, 0.15) is 42.2 Å². The molecular formula is C20H23NO5. The summed E-state index contributed by atoms with van der Waals surface area (Å²) in [4.78, 5) is 24.1. The number of carbonyl (C=O) groups is 2. The maximum Gasteiger partial charge on any atom is 0.330 e. The Morgan fingerprint density at radius 2 is 1.77 bits per heavy atom. The molecule has 2 aromatic carbocycles. The minimum atomic E-state index is -1.13. The van der Waals surface area contributed by atoms with Crippen LogP contribution < -0.4 is 14.8 Å². The molecule has 0 aliphatic heterocycles. The number of carboxylic acid groups (broad SMARTS) is 1. The fourth-order valence-electron chi connectivity index (χ4n) is 2.40. The Morgan fingerprint density at radius 1 is 1.04 bits per heavy atom. The first-order valence-electron chi connectivity index (χ1n) is 8.55. The largest absolute Gasteiger partial charge is 0.490 e. The molecule has 138 valence electrons. The average molecular weight is 357 g/mol. The molecule has 2 N–H and O–H groups in total. The van der Waals surface area contributed by atoms with Crippen molar-refractivity contribution in [1.29, 1.82) is 0 Å². The Morgan fingerprint density at radius 3 is 2.38 bits per heavy atom. The summed E-state index contributed by atoms with van der Waals surface area (Å²) in [5.41, 5.74) is 0.806. The van der Waals surface area contributed by atoms with Crippen molar-refractivity contribution in [2.75, 3.05) is 13.2 Å². The van der Waals surface area contributed by atoms with Gasteiger partial charge in [-0.1, -0.05) is 37.3 Å². The summed E-state index contributed by atoms with van der Waals surface area (Å²) in [5, 5.41) is 12.0. The molecule has 1 atom stereocenters. The van der Waals surface area contributed by atoms with Gasteiger partial charge in [0.15, 0.2) is 17.5 Å². The van der Waals surface area contributed by atoms with Gasteiger partial charge in [-0.05, 0) is 37.1 Å². The van der Waals surface area contributed by atoms with Crippen LogP contribution in [0.3, 0.4) is 0 Å². The lowest BCUT2D eigenvalue weighted by Crippen LogP contribution is -2.33. The highest BCUT2D eigenvalue weighted by Crippen LogP contribution is 2.29. The predicted octanol–water partition coefficient (Wildman–Crippen LogP) is 3.43. The van der Waals surface area contributed by atoms with E-state index < -0.39 is 17.9 Å². The zero-order valence-corrected chi connectivity index (χ0v) is 14.9. The molecule has 0 saturated heterocycles. The van der Waals surface area contributed by atoms with Gasteiger partial charge < -0.3 is 19.9 Å². The molecule has 0 aliphatic rings. The van der Waals surface area contributed by atoms with Crippen molar-refractivity contribution in [3.05, 3.63) is 59.7 Å². The normalized spacial score (nSPS) is 11.5. The quantitative estimate of drug-likeness (QED) is 0.718. The van der Waals surface area contributed by atoms with E-state index in [1.165, 1.54) is 0 Å². The molecular weight excluding hydrogens is 334 g/mol. The van der Waals surface area contributed by atoms with Crippen molar-refractivity contribution < 1.29 is 24.2 Å². The zero-order chi connectivity index (χ0) is 18.9. The van der Waals surface area contributed by atoms with Crippen molar-refractivity contribution in [3.8, 4) is 11.5 Å². The minimum absolute atomic E-state index is 0.305. The smallest absolute Gasteiger partial charge is 0.330 e. The van der Waals surface area contributed by atoms with Crippen molar-refractivity contribution in [2.24, 2.45) is 0 Å². The molecule has 0 aliphatic carbocycles. The molecule has 0 spiro atoms. The fraction of sp³-hybridized carbons (Fsp3) is 0.300. The van der Waals surface area contributed by atoms with Crippen molar-refractivity contribution in [1.82, 2.24) is 5.32 Å². The maximum absolute atomic E-state index is 12.5. The standard InChI is InChI=1S/C20H23NO5/c1-3-12-26-16-11-10-15(13-17(16)25-4-2)19(22)21-18(20(23)24)14-8-6-5-7-9-14/h5-11,13,18H,3-4,12H2,1-2H3,(H,21,22)(H,23,24)/t18-/m1/s1. The van der Waals surface area contributed by atoms with E-state index in [-0.39, 0.29) is 0 Å². The Bertz CT molecular complexity index is 745. The summed E-state index contributed by atoms with van der Waals surface area (Å²) in [5.74, 6) is -0.606. The van der Waals surface area contributed by atoms with Gasteiger partial charge in [0.25, 0.3) is 5.91 Å². The van der Waals surface area contributed by atoms with Crippen LogP contribution in [0.4, 0.5) is 0 Å². The lowest BCUT2D eigenvalue weighted by atomic mass is 10.1. The van der Waals surface area contributed by atoms with Crippen LogP contribution in [0, 0.1) is 0 Å². The lowest BCUT2D eigenvalue weighted by Gasteiger charge is -2.16. The van der Waals surface area contributed by atoms with Crippen LogP contribution in [0.15, 0.2) is 48.5 Å². The van der Waals surface area contributed by atoms with E-state index in [1.807, 2.05) is 13.8 Å². The highest BCUT2D eigenvalue weighted by Gasteiger charge is 2.23. The number of rotatable bonds is 9. The Hall–Kier alpha value is -3.02. The third kappa shape index (κ3) is 4.99. The molecule has 2 rings (SSSR count). The first kappa shape index (κ1) is 19.3. The van der Waals surface area contributed by atoms with Gasteiger partial charge in [-0.2, -0.15) is 0 Å². The van der Waals surface area contributed by atoms with E-state index in [2.05, 4.69) is 5.32 Å². The molecule has 6 heteroatoms. The third-order valence-corrected chi connectivity index (χ3v) is 3.62. The number of hydrogen-bond donors (Lipinski definition) is 2. The fourth-order valence-corrected chi connectivity index (χ4v) is 2.40. The second kappa shape index (κ2) is 9.46. The SMILES string of the molecule is CCCOc1ccc(C(=O)N[C@@H](C(=O)O)c2ccccc2)cc1OCC. The van der Waals surface area contributed by atoms with Gasteiger partial charge in [0.2, 0.25) is 0 Å². The van der Waals surface area contributed by atoms with Gasteiger partial charge in [-0.15, -0.1) is 0 Å². The summed E-state index contributed by atoms with van der Waals surface area (Å²) in [6.45, 7) is 4.81. The van der Waals surface area contributed by atoms with Gasteiger partial charge in [0.1, 0.15) is 0 Å². The van der Waals surface area contributed by atoms with Crippen LogP contribution in [0.2, 0.25) is 0 Å². The van der Waals surface area contributed by atoms with E-state index >= 15 is 0 Å². The molecule has 0 radical (unpaired) electrons. The van der Waals surface area contributed by atoms with Crippen LogP contribution in [0.25, 0.3) is 0 Å². The Balaban J connectivity index is 2.22. The molecule has 6 nitrogen and oxygen atoms in total. The maximum atomic E-state index is 12.5. The second-order valence-corrected chi connectivity index (χ2v) is 5.60. The number of aliphatic carboxylic acids is 1. The predicted molar refractivity (Wildman–Crippen MR) is 97.7 cm³/mol. The molecule has 0 unspecified atom stereocenters. The lowest BCUT2D eigenvalue weighted by molar-refractivity contribution is -0.139. The van der Waals surface area contributed by atoms with Gasteiger partial charge in [0, 0.05) is 5.56 Å². The topological polar surface area (TPSA) is 84.9 Å². The Labute approximate surface area is 152 Å². The average Bonchev–Trinajstić information content (AvgIpc) is 2.65. The van der Waals surface area contributed by atoms with Gasteiger partial charge in [-0.25, -0.2) is 4.79 Å². The molecule has 0 bridgehead atoms.